The zero-order chi connectivity index (χ0) is 3.58. The molecule has 0 fully saturated rings. The Labute approximate surface area is 224 Å². The number of carbonyl (C=O) groups is 1. The zero-order valence-corrected chi connectivity index (χ0v) is 2.80. The van der Waals surface area contributed by atoms with E-state index in [2.05, 4.69) is 0 Å². The molecule has 0 atom stereocenters. The molecule has 0 radical (unpaired) electrons. The molecule has 0 rings (SSSR count). The Morgan fingerprint density at radius 1 is 0.750 bits per heavy atom. The molecule has 11 heteroatoms. The molecule has 0 saturated heterocycles. The fraction of sp³-hybridized carbons (Fsp3) is 0. The van der Waals surface area contributed by atoms with Crippen LogP contribution in [0.25, 0.3) is 0 Å². The molecule has 0 aromatic rings. The average molecular weight is 258 g/mol. The molecule has 0 aromatic heterocycles. The van der Waals surface area contributed by atoms with Crippen LogP contribution in [-0.2, 0) is 0 Å². The molecule has 0 aliphatic carbocycles. The van der Waals surface area contributed by atoms with Gasteiger partial charge in [-0.05, 0) is 0 Å². The van der Waals surface area contributed by atoms with Crippen molar-refractivity contribution in [2.24, 2.45) is 0 Å². The molecular formula is CH12KNa5O5. The summed E-state index contributed by atoms with van der Waals surface area (Å²) in [6.45, 7) is 0. The summed E-state index contributed by atoms with van der Waals surface area (Å²) in [5.74, 6) is 0. The number of hydrogen-bond acceptors (Lipinski definition) is 1. The first kappa shape index (κ1) is 64.8. The Kier molecular flexibility index (Phi) is 292. The van der Waals surface area contributed by atoms with Crippen LogP contribution < -0.4 is 0 Å². The standard InChI is InChI=1S/CH2O3.K.5Na.2H2O.6H/c2-1(3)4;;;;;;;;;;;;;;/h(H2,2,3,4);;;;;;;2*1H2;;;;;;. The second-order valence-corrected chi connectivity index (χ2v) is 0.283. The van der Waals surface area contributed by atoms with Gasteiger partial charge in [0.05, 0.1) is 0 Å². The van der Waals surface area contributed by atoms with Crippen molar-refractivity contribution >= 4 is 205 Å². The van der Waals surface area contributed by atoms with E-state index in [1.807, 2.05) is 0 Å². The van der Waals surface area contributed by atoms with Crippen LogP contribution >= 0.6 is 0 Å². The Balaban J connectivity index is -0.00000000161. The van der Waals surface area contributed by atoms with Crippen LogP contribution in [0.1, 0.15) is 0 Å². The van der Waals surface area contributed by atoms with Gasteiger partial charge in [0.1, 0.15) is 0 Å². The van der Waals surface area contributed by atoms with E-state index in [9.17, 15) is 0 Å². The molecule has 0 bridgehead atoms. The van der Waals surface area contributed by atoms with Crippen LogP contribution in [0, 0.1) is 0 Å². The van der Waals surface area contributed by atoms with E-state index in [1.165, 1.54) is 0 Å². The minimum absolute atomic E-state index is 0. The van der Waals surface area contributed by atoms with Gasteiger partial charge in [0.15, 0.2) is 0 Å². The third-order valence-corrected chi connectivity index (χ3v) is 0. The monoisotopic (exact) mass is 258 g/mol. The molecule has 0 saturated carbocycles. The van der Waals surface area contributed by atoms with Crippen LogP contribution in [0.3, 0.4) is 0 Å². The molecule has 52 valence electrons. The van der Waals surface area contributed by atoms with Crippen molar-refractivity contribution in [3.63, 3.8) is 0 Å². The van der Waals surface area contributed by atoms with E-state index in [1.54, 1.807) is 0 Å². The fourth-order valence-electron chi connectivity index (χ4n) is 0. The molecule has 0 spiro atoms. The Morgan fingerprint density at radius 3 is 0.750 bits per heavy atom. The van der Waals surface area contributed by atoms with Crippen molar-refractivity contribution in [2.75, 3.05) is 0 Å². The summed E-state index contributed by atoms with van der Waals surface area (Å²) in [5, 5.41) is 13.9. The van der Waals surface area contributed by atoms with Crippen molar-refractivity contribution < 1.29 is 26.0 Å². The van der Waals surface area contributed by atoms with Crippen LogP contribution in [0.15, 0.2) is 0 Å². The van der Waals surface area contributed by atoms with E-state index in [0.29, 0.717) is 0 Å². The van der Waals surface area contributed by atoms with Crippen LogP contribution in [0.5, 0.6) is 0 Å². The van der Waals surface area contributed by atoms with Crippen LogP contribution in [0.4, 0.5) is 4.79 Å². The van der Waals surface area contributed by atoms with Crippen LogP contribution in [-0.4, -0.2) is 226 Å². The van der Waals surface area contributed by atoms with Gasteiger partial charge in [0, 0.05) is 0 Å². The van der Waals surface area contributed by atoms with Gasteiger partial charge in [-0.25, -0.2) is 4.79 Å². The summed E-state index contributed by atoms with van der Waals surface area (Å²) in [7, 11) is 0. The van der Waals surface area contributed by atoms with E-state index >= 15 is 0 Å². The fourth-order valence-corrected chi connectivity index (χ4v) is 0. The third-order valence-electron chi connectivity index (χ3n) is 0. The van der Waals surface area contributed by atoms with Crippen molar-refractivity contribution in [2.45, 2.75) is 0 Å². The maximum atomic E-state index is 8.56. The summed E-state index contributed by atoms with van der Waals surface area (Å²) < 4.78 is 0. The summed E-state index contributed by atoms with van der Waals surface area (Å²) >= 11 is 0. The number of carboxylic acid groups (broad SMARTS) is 2. The van der Waals surface area contributed by atoms with Gasteiger partial charge in [-0.15, -0.1) is 0 Å². The Hall–Kier alpha value is 5.83. The molecule has 6 N–H and O–H groups in total. The van der Waals surface area contributed by atoms with Crippen molar-refractivity contribution in [3.05, 3.63) is 0 Å². The van der Waals surface area contributed by atoms with Crippen molar-refractivity contribution in [1.29, 1.82) is 0 Å². The van der Waals surface area contributed by atoms with Gasteiger partial charge >= 0.3 is 205 Å². The predicted octanol–water partition coefficient (Wildman–Crippen LogP) is -5.32. The second-order valence-electron chi connectivity index (χ2n) is 0.283. The summed E-state index contributed by atoms with van der Waals surface area (Å²) in [6.07, 6.45) is -1.83. The summed E-state index contributed by atoms with van der Waals surface area (Å²) in [5.41, 5.74) is 0. The molecule has 12 heavy (non-hydrogen) atoms. The first-order valence-electron chi connectivity index (χ1n) is 0.651. The van der Waals surface area contributed by atoms with E-state index < -0.39 is 6.16 Å². The first-order valence-corrected chi connectivity index (χ1v) is 0.651. The van der Waals surface area contributed by atoms with E-state index in [-0.39, 0.29) is 210 Å². The van der Waals surface area contributed by atoms with E-state index in [4.69, 9.17) is 15.0 Å². The molecule has 0 amide bonds. The molecule has 5 nitrogen and oxygen atoms in total. The molecule has 0 aliphatic heterocycles. The molecule has 0 aromatic carbocycles. The first-order chi connectivity index (χ1) is 1.73. The molecule has 0 unspecified atom stereocenters. The molecule has 0 aliphatic rings. The van der Waals surface area contributed by atoms with Gasteiger partial charge in [0.2, 0.25) is 0 Å². The average Bonchev–Trinajstić information content (AvgIpc) is 0.811. The van der Waals surface area contributed by atoms with Crippen LogP contribution in [0.2, 0.25) is 0 Å². The molecular weight excluding hydrogens is 246 g/mol. The van der Waals surface area contributed by atoms with Crippen molar-refractivity contribution in [1.82, 2.24) is 0 Å². The third kappa shape index (κ3) is 102. The number of hydrogen-bond donors (Lipinski definition) is 2. The maximum absolute atomic E-state index is 8.56. The Bertz CT molecular complexity index is 42.8. The van der Waals surface area contributed by atoms with Gasteiger partial charge in [-0.2, -0.15) is 0 Å². The van der Waals surface area contributed by atoms with Crippen molar-refractivity contribution in [3.8, 4) is 0 Å². The SMILES string of the molecule is O.O.O=C(O)O.[KH].[NaH].[NaH].[NaH].[NaH].[NaH]. The quantitative estimate of drug-likeness (QED) is 0.422. The Morgan fingerprint density at radius 2 is 0.750 bits per heavy atom. The normalized spacial score (nSPS) is 2.00. The minimum atomic E-state index is -1.83. The number of rotatable bonds is 0. The van der Waals surface area contributed by atoms with Gasteiger partial charge in [-0.1, -0.05) is 0 Å². The van der Waals surface area contributed by atoms with Gasteiger partial charge in [-0.3, -0.25) is 0 Å². The molecule has 0 heterocycles. The zero-order valence-electron chi connectivity index (χ0n) is 2.80. The van der Waals surface area contributed by atoms with Gasteiger partial charge < -0.3 is 21.2 Å². The predicted molar refractivity (Wildman–Crippen MR) is 60.8 cm³/mol. The second kappa shape index (κ2) is 54.1. The topological polar surface area (TPSA) is 121 Å². The summed E-state index contributed by atoms with van der Waals surface area (Å²) in [6, 6.07) is 0. The van der Waals surface area contributed by atoms with Gasteiger partial charge in [0.25, 0.3) is 0 Å². The van der Waals surface area contributed by atoms with E-state index in [0.717, 1.165) is 0 Å². The summed E-state index contributed by atoms with van der Waals surface area (Å²) in [4.78, 5) is 8.56.